The Morgan fingerprint density at radius 2 is 2.15 bits per heavy atom. The highest BCUT2D eigenvalue weighted by atomic mass is 16.5. The molecule has 0 radical (unpaired) electrons. The summed E-state index contributed by atoms with van der Waals surface area (Å²) >= 11 is 0. The first-order valence-corrected chi connectivity index (χ1v) is 4.97. The van der Waals surface area contributed by atoms with Crippen LogP contribution in [0.2, 0.25) is 0 Å². The third kappa shape index (κ3) is 3.25. The standard InChI is InChI=1S/C10H21NO2/c1-10(2,3)11-4-5-13-8-9(6-11)7-12/h9,12H,4-8H2,1-3H3. The molecule has 1 aliphatic heterocycles. The Morgan fingerprint density at radius 3 is 2.69 bits per heavy atom. The van der Waals surface area contributed by atoms with Gasteiger partial charge in [-0.3, -0.25) is 4.90 Å². The second-order valence-corrected chi connectivity index (χ2v) is 4.74. The number of aliphatic hydroxyl groups is 1. The quantitative estimate of drug-likeness (QED) is 0.657. The average Bonchev–Trinajstić information content (AvgIpc) is 2.27. The molecule has 0 aliphatic carbocycles. The molecule has 0 spiro atoms. The molecule has 1 saturated heterocycles. The summed E-state index contributed by atoms with van der Waals surface area (Å²) in [7, 11) is 0. The first-order valence-electron chi connectivity index (χ1n) is 4.97. The van der Waals surface area contributed by atoms with Gasteiger partial charge in [0, 0.05) is 31.2 Å². The van der Waals surface area contributed by atoms with Gasteiger partial charge in [0.15, 0.2) is 0 Å². The molecule has 0 aromatic carbocycles. The lowest BCUT2D eigenvalue weighted by Crippen LogP contribution is -2.45. The molecule has 1 rings (SSSR count). The second kappa shape index (κ2) is 4.40. The molecular weight excluding hydrogens is 166 g/mol. The molecule has 1 unspecified atom stereocenters. The molecule has 3 heteroatoms. The normalized spacial score (nSPS) is 27.2. The molecule has 0 aromatic rings. The Bertz CT molecular complexity index is 153. The lowest BCUT2D eigenvalue weighted by atomic mass is 10.0. The van der Waals surface area contributed by atoms with Gasteiger partial charge >= 0.3 is 0 Å². The first kappa shape index (κ1) is 11.0. The second-order valence-electron chi connectivity index (χ2n) is 4.74. The zero-order chi connectivity index (χ0) is 9.90. The molecule has 0 saturated carbocycles. The fourth-order valence-electron chi connectivity index (χ4n) is 1.60. The van der Waals surface area contributed by atoms with E-state index in [0.29, 0.717) is 6.61 Å². The summed E-state index contributed by atoms with van der Waals surface area (Å²) in [6.45, 7) is 10.2. The van der Waals surface area contributed by atoms with E-state index in [1.54, 1.807) is 0 Å². The van der Waals surface area contributed by atoms with E-state index in [4.69, 9.17) is 9.84 Å². The lowest BCUT2D eigenvalue weighted by Gasteiger charge is -2.35. The highest BCUT2D eigenvalue weighted by Gasteiger charge is 2.26. The Labute approximate surface area is 80.7 Å². The molecule has 0 amide bonds. The zero-order valence-corrected chi connectivity index (χ0v) is 8.92. The monoisotopic (exact) mass is 187 g/mol. The number of hydrogen-bond donors (Lipinski definition) is 1. The predicted octanol–water partition coefficient (Wildman–Crippen LogP) is 0.726. The summed E-state index contributed by atoms with van der Waals surface area (Å²) in [5, 5.41) is 9.09. The molecular formula is C10H21NO2. The van der Waals surface area contributed by atoms with Crippen LogP contribution in [-0.4, -0.2) is 48.5 Å². The van der Waals surface area contributed by atoms with E-state index in [2.05, 4.69) is 25.7 Å². The highest BCUT2D eigenvalue weighted by Crippen LogP contribution is 2.17. The van der Waals surface area contributed by atoms with E-state index in [1.807, 2.05) is 0 Å². The van der Waals surface area contributed by atoms with Crippen LogP contribution in [0, 0.1) is 5.92 Å². The molecule has 1 heterocycles. The maximum absolute atomic E-state index is 9.09. The summed E-state index contributed by atoms with van der Waals surface area (Å²) in [5.74, 6) is 0.279. The fourth-order valence-corrected chi connectivity index (χ4v) is 1.60. The van der Waals surface area contributed by atoms with Crippen LogP contribution in [0.5, 0.6) is 0 Å². The van der Waals surface area contributed by atoms with Gasteiger partial charge in [0.1, 0.15) is 0 Å². The Balaban J connectivity index is 2.54. The summed E-state index contributed by atoms with van der Waals surface area (Å²) in [5.41, 5.74) is 0.182. The van der Waals surface area contributed by atoms with Crippen molar-refractivity contribution in [2.75, 3.05) is 32.9 Å². The molecule has 1 aliphatic rings. The lowest BCUT2D eigenvalue weighted by molar-refractivity contribution is 0.0949. The highest BCUT2D eigenvalue weighted by molar-refractivity contribution is 4.80. The Hall–Kier alpha value is -0.120. The van der Waals surface area contributed by atoms with Crippen molar-refractivity contribution >= 4 is 0 Å². The number of ether oxygens (including phenoxy) is 1. The molecule has 1 N–H and O–H groups in total. The van der Waals surface area contributed by atoms with Crippen LogP contribution >= 0.6 is 0 Å². The van der Waals surface area contributed by atoms with Crippen LogP contribution in [0.15, 0.2) is 0 Å². The van der Waals surface area contributed by atoms with Gasteiger partial charge in [-0.05, 0) is 20.8 Å². The van der Waals surface area contributed by atoms with E-state index >= 15 is 0 Å². The van der Waals surface area contributed by atoms with Crippen molar-refractivity contribution in [3.63, 3.8) is 0 Å². The van der Waals surface area contributed by atoms with Crippen molar-refractivity contribution in [2.24, 2.45) is 5.92 Å². The molecule has 13 heavy (non-hydrogen) atoms. The maximum Gasteiger partial charge on any atom is 0.0593 e. The minimum atomic E-state index is 0.182. The van der Waals surface area contributed by atoms with Gasteiger partial charge in [-0.15, -0.1) is 0 Å². The van der Waals surface area contributed by atoms with Crippen LogP contribution in [0.1, 0.15) is 20.8 Å². The summed E-state index contributed by atoms with van der Waals surface area (Å²) in [6.07, 6.45) is 0. The zero-order valence-electron chi connectivity index (χ0n) is 8.92. The van der Waals surface area contributed by atoms with E-state index in [-0.39, 0.29) is 18.1 Å². The van der Waals surface area contributed by atoms with Crippen LogP contribution in [0.4, 0.5) is 0 Å². The topological polar surface area (TPSA) is 32.7 Å². The van der Waals surface area contributed by atoms with Gasteiger partial charge in [0.05, 0.1) is 13.2 Å². The molecule has 0 bridgehead atoms. The smallest absolute Gasteiger partial charge is 0.0593 e. The van der Waals surface area contributed by atoms with Crippen molar-refractivity contribution in [2.45, 2.75) is 26.3 Å². The van der Waals surface area contributed by atoms with Crippen molar-refractivity contribution in [3.05, 3.63) is 0 Å². The number of hydrogen-bond acceptors (Lipinski definition) is 3. The van der Waals surface area contributed by atoms with Gasteiger partial charge in [-0.1, -0.05) is 0 Å². The van der Waals surface area contributed by atoms with E-state index in [0.717, 1.165) is 19.7 Å². The summed E-state index contributed by atoms with van der Waals surface area (Å²) in [6, 6.07) is 0. The number of aliphatic hydroxyl groups excluding tert-OH is 1. The number of rotatable bonds is 1. The van der Waals surface area contributed by atoms with Crippen molar-refractivity contribution < 1.29 is 9.84 Å². The van der Waals surface area contributed by atoms with E-state index < -0.39 is 0 Å². The van der Waals surface area contributed by atoms with Crippen LogP contribution in [0.25, 0.3) is 0 Å². The largest absolute Gasteiger partial charge is 0.396 e. The Kier molecular flexibility index (Phi) is 3.71. The van der Waals surface area contributed by atoms with Crippen molar-refractivity contribution in [3.8, 4) is 0 Å². The predicted molar refractivity (Wildman–Crippen MR) is 52.7 cm³/mol. The maximum atomic E-state index is 9.09. The molecule has 3 nitrogen and oxygen atoms in total. The molecule has 1 atom stereocenters. The van der Waals surface area contributed by atoms with Gasteiger partial charge in [-0.25, -0.2) is 0 Å². The molecule has 0 aromatic heterocycles. The molecule has 78 valence electrons. The minimum Gasteiger partial charge on any atom is -0.396 e. The first-order chi connectivity index (χ1) is 6.04. The summed E-state index contributed by atoms with van der Waals surface area (Å²) in [4.78, 5) is 2.38. The van der Waals surface area contributed by atoms with Gasteiger partial charge in [0.25, 0.3) is 0 Å². The minimum absolute atomic E-state index is 0.182. The SMILES string of the molecule is CC(C)(C)N1CCOCC(CO)C1. The van der Waals surface area contributed by atoms with Gasteiger partial charge in [-0.2, -0.15) is 0 Å². The van der Waals surface area contributed by atoms with Crippen molar-refractivity contribution in [1.29, 1.82) is 0 Å². The average molecular weight is 187 g/mol. The third-order valence-corrected chi connectivity index (χ3v) is 2.54. The third-order valence-electron chi connectivity index (χ3n) is 2.54. The Morgan fingerprint density at radius 1 is 1.46 bits per heavy atom. The van der Waals surface area contributed by atoms with Gasteiger partial charge in [0.2, 0.25) is 0 Å². The number of nitrogens with zero attached hydrogens (tertiary/aromatic N) is 1. The van der Waals surface area contributed by atoms with Crippen LogP contribution in [0.3, 0.4) is 0 Å². The van der Waals surface area contributed by atoms with E-state index in [9.17, 15) is 0 Å². The van der Waals surface area contributed by atoms with Crippen molar-refractivity contribution in [1.82, 2.24) is 4.90 Å². The van der Waals surface area contributed by atoms with E-state index in [1.165, 1.54) is 0 Å². The summed E-state index contributed by atoms with van der Waals surface area (Å²) < 4.78 is 5.42. The fraction of sp³-hybridized carbons (Fsp3) is 1.00. The van der Waals surface area contributed by atoms with Crippen LogP contribution in [-0.2, 0) is 4.74 Å². The van der Waals surface area contributed by atoms with Gasteiger partial charge < -0.3 is 9.84 Å². The molecule has 1 fully saturated rings. The van der Waals surface area contributed by atoms with Crippen LogP contribution < -0.4 is 0 Å².